The van der Waals surface area contributed by atoms with Gasteiger partial charge in [0.2, 0.25) is 0 Å². The zero-order chi connectivity index (χ0) is 19.6. The molecule has 2 aromatic carbocycles. The number of nitrogens with one attached hydrogen (secondary N) is 1. The lowest BCUT2D eigenvalue weighted by atomic mass is 10.1. The van der Waals surface area contributed by atoms with E-state index < -0.39 is 0 Å². The van der Waals surface area contributed by atoms with E-state index in [0.717, 1.165) is 18.5 Å². The van der Waals surface area contributed by atoms with Gasteiger partial charge in [-0.15, -0.1) is 0 Å². The summed E-state index contributed by atoms with van der Waals surface area (Å²) in [5.41, 5.74) is 8.36. The van der Waals surface area contributed by atoms with Crippen molar-refractivity contribution in [2.45, 2.75) is 19.0 Å². The van der Waals surface area contributed by atoms with E-state index in [1.165, 1.54) is 5.56 Å². The first-order chi connectivity index (χ1) is 13.0. The van der Waals surface area contributed by atoms with Gasteiger partial charge in [0.05, 0.1) is 20.8 Å². The Hall–Kier alpha value is -2.73. The molecule has 0 aliphatic rings. The van der Waals surface area contributed by atoms with E-state index in [0.29, 0.717) is 30.0 Å². The Labute approximate surface area is 162 Å². The Bertz CT molecular complexity index is 732. The summed E-state index contributed by atoms with van der Waals surface area (Å²) in [7, 11) is 7.39. The Morgan fingerprint density at radius 1 is 1.04 bits per heavy atom. The van der Waals surface area contributed by atoms with Crippen molar-refractivity contribution in [3.8, 4) is 11.5 Å². The smallest absolute Gasteiger partial charge is 0.188 e. The lowest BCUT2D eigenvalue weighted by Gasteiger charge is -2.25. The van der Waals surface area contributed by atoms with Crippen molar-refractivity contribution < 1.29 is 9.47 Å². The van der Waals surface area contributed by atoms with Crippen LogP contribution in [-0.4, -0.2) is 51.8 Å². The van der Waals surface area contributed by atoms with E-state index in [2.05, 4.69) is 53.6 Å². The highest BCUT2D eigenvalue weighted by Crippen LogP contribution is 2.27. The van der Waals surface area contributed by atoms with Crippen LogP contribution in [0.4, 0.5) is 0 Å². The summed E-state index contributed by atoms with van der Waals surface area (Å²) in [6.07, 6.45) is 0.948. The molecule has 1 atom stereocenters. The zero-order valence-electron chi connectivity index (χ0n) is 16.6. The van der Waals surface area contributed by atoms with Crippen LogP contribution >= 0.6 is 0 Å². The van der Waals surface area contributed by atoms with Crippen LogP contribution in [0.5, 0.6) is 11.5 Å². The fraction of sp³-hybridized carbons (Fsp3) is 0.381. The van der Waals surface area contributed by atoms with Gasteiger partial charge in [-0.3, -0.25) is 0 Å². The average molecular weight is 370 g/mol. The number of hydrogen-bond donors (Lipinski definition) is 2. The van der Waals surface area contributed by atoms with Crippen LogP contribution in [-0.2, 0) is 13.0 Å². The van der Waals surface area contributed by atoms with Gasteiger partial charge < -0.3 is 25.4 Å². The molecule has 0 aromatic heterocycles. The molecule has 0 amide bonds. The third-order valence-electron chi connectivity index (χ3n) is 4.44. The molecule has 0 heterocycles. The third kappa shape index (κ3) is 6.49. The summed E-state index contributed by atoms with van der Waals surface area (Å²) in [4.78, 5) is 6.63. The molecular weight excluding hydrogens is 340 g/mol. The van der Waals surface area contributed by atoms with Crippen molar-refractivity contribution in [3.05, 3.63) is 59.7 Å². The number of nitrogens with two attached hydrogens (primary N) is 1. The SMILES string of the molecule is COc1ccc(CN=C(N)NCC(Cc2ccccc2)N(C)C)cc1OC. The summed E-state index contributed by atoms with van der Waals surface area (Å²) < 4.78 is 10.6. The van der Waals surface area contributed by atoms with Crippen molar-refractivity contribution in [2.24, 2.45) is 10.7 Å². The first-order valence-corrected chi connectivity index (χ1v) is 8.98. The van der Waals surface area contributed by atoms with Crippen molar-refractivity contribution in [3.63, 3.8) is 0 Å². The highest BCUT2D eigenvalue weighted by atomic mass is 16.5. The number of ether oxygens (including phenoxy) is 2. The van der Waals surface area contributed by atoms with Crippen molar-refractivity contribution in [1.82, 2.24) is 10.2 Å². The molecule has 0 aliphatic heterocycles. The Morgan fingerprint density at radius 2 is 1.74 bits per heavy atom. The molecule has 6 nitrogen and oxygen atoms in total. The second kappa shape index (κ2) is 10.4. The molecule has 3 N–H and O–H groups in total. The highest BCUT2D eigenvalue weighted by molar-refractivity contribution is 5.77. The second-order valence-corrected chi connectivity index (χ2v) is 6.58. The maximum atomic E-state index is 6.05. The fourth-order valence-electron chi connectivity index (χ4n) is 2.76. The van der Waals surface area contributed by atoms with Crippen LogP contribution in [0.15, 0.2) is 53.5 Å². The van der Waals surface area contributed by atoms with Gasteiger partial charge in [0.25, 0.3) is 0 Å². The number of aliphatic imine (C=N–C) groups is 1. The van der Waals surface area contributed by atoms with Crippen molar-refractivity contribution in [2.75, 3.05) is 34.9 Å². The second-order valence-electron chi connectivity index (χ2n) is 6.58. The van der Waals surface area contributed by atoms with E-state index in [9.17, 15) is 0 Å². The minimum Gasteiger partial charge on any atom is -0.493 e. The number of benzene rings is 2. The lowest BCUT2D eigenvalue weighted by molar-refractivity contribution is 0.290. The first-order valence-electron chi connectivity index (χ1n) is 8.98. The van der Waals surface area contributed by atoms with Crippen LogP contribution in [0.2, 0.25) is 0 Å². The van der Waals surface area contributed by atoms with Crippen LogP contribution in [0.25, 0.3) is 0 Å². The Morgan fingerprint density at radius 3 is 2.37 bits per heavy atom. The topological polar surface area (TPSA) is 72.1 Å². The van der Waals surface area contributed by atoms with Gasteiger partial charge in [-0.05, 0) is 43.8 Å². The zero-order valence-corrected chi connectivity index (χ0v) is 16.6. The van der Waals surface area contributed by atoms with Crippen molar-refractivity contribution in [1.29, 1.82) is 0 Å². The van der Waals surface area contributed by atoms with Gasteiger partial charge in [0, 0.05) is 12.6 Å². The van der Waals surface area contributed by atoms with Gasteiger partial charge in [-0.1, -0.05) is 36.4 Å². The van der Waals surface area contributed by atoms with E-state index in [4.69, 9.17) is 15.2 Å². The summed E-state index contributed by atoms with van der Waals surface area (Å²) in [5.74, 6) is 1.82. The van der Waals surface area contributed by atoms with Gasteiger partial charge >= 0.3 is 0 Å². The number of hydrogen-bond acceptors (Lipinski definition) is 4. The largest absolute Gasteiger partial charge is 0.493 e. The predicted octanol–water partition coefficient (Wildman–Crippen LogP) is 2.28. The molecule has 0 radical (unpaired) electrons. The van der Waals surface area contributed by atoms with Gasteiger partial charge in [-0.25, -0.2) is 4.99 Å². The van der Waals surface area contributed by atoms with E-state index >= 15 is 0 Å². The molecule has 0 spiro atoms. The van der Waals surface area contributed by atoms with Gasteiger partial charge in [0.1, 0.15) is 0 Å². The number of rotatable bonds is 9. The molecule has 1 unspecified atom stereocenters. The monoisotopic (exact) mass is 370 g/mol. The molecule has 0 fully saturated rings. The summed E-state index contributed by atoms with van der Waals surface area (Å²) in [6.45, 7) is 1.20. The molecule has 0 aliphatic carbocycles. The normalized spacial score (nSPS) is 12.7. The van der Waals surface area contributed by atoms with Crippen molar-refractivity contribution >= 4 is 5.96 Å². The Balaban J connectivity index is 1.92. The average Bonchev–Trinajstić information content (AvgIpc) is 2.69. The van der Waals surface area contributed by atoms with Crippen LogP contribution in [0, 0.1) is 0 Å². The molecule has 6 heteroatoms. The van der Waals surface area contributed by atoms with Crippen LogP contribution in [0.3, 0.4) is 0 Å². The molecular formula is C21H30N4O2. The highest BCUT2D eigenvalue weighted by Gasteiger charge is 2.12. The van der Waals surface area contributed by atoms with E-state index in [-0.39, 0.29) is 0 Å². The summed E-state index contributed by atoms with van der Waals surface area (Å²) in [5, 5.41) is 3.24. The molecule has 0 saturated heterocycles. The quantitative estimate of drug-likeness (QED) is 0.523. The molecule has 27 heavy (non-hydrogen) atoms. The fourth-order valence-corrected chi connectivity index (χ4v) is 2.76. The summed E-state index contributed by atoms with van der Waals surface area (Å²) in [6, 6.07) is 16.5. The van der Waals surface area contributed by atoms with Crippen LogP contribution in [0.1, 0.15) is 11.1 Å². The standard InChI is InChI=1S/C21H30N4O2/c1-25(2)18(12-16-8-6-5-7-9-16)15-24-21(22)23-14-17-10-11-19(26-3)20(13-17)27-4/h5-11,13,18H,12,14-15H2,1-4H3,(H3,22,23,24). The first kappa shape index (κ1) is 20.6. The molecule has 0 saturated carbocycles. The van der Waals surface area contributed by atoms with Crippen LogP contribution < -0.4 is 20.5 Å². The number of likely N-dealkylation sites (N-methyl/N-ethyl adjacent to an activating group) is 1. The molecule has 2 rings (SSSR count). The maximum absolute atomic E-state index is 6.05. The van der Waals surface area contributed by atoms with Gasteiger partial charge in [-0.2, -0.15) is 0 Å². The lowest BCUT2D eigenvalue weighted by Crippen LogP contribution is -2.44. The number of methoxy groups -OCH3 is 2. The van der Waals surface area contributed by atoms with E-state index in [1.54, 1.807) is 14.2 Å². The molecule has 2 aromatic rings. The number of nitrogens with zero attached hydrogens (tertiary/aromatic N) is 2. The minimum atomic E-state index is 0.322. The predicted molar refractivity (Wildman–Crippen MR) is 110 cm³/mol. The molecule has 146 valence electrons. The maximum Gasteiger partial charge on any atom is 0.188 e. The summed E-state index contributed by atoms with van der Waals surface area (Å²) >= 11 is 0. The third-order valence-corrected chi connectivity index (χ3v) is 4.44. The van der Waals surface area contributed by atoms with E-state index in [1.807, 2.05) is 24.3 Å². The minimum absolute atomic E-state index is 0.322. The van der Waals surface area contributed by atoms with Gasteiger partial charge in [0.15, 0.2) is 17.5 Å². The Kier molecular flexibility index (Phi) is 7.95. The number of guanidine groups is 1. The molecule has 0 bridgehead atoms.